The van der Waals surface area contributed by atoms with E-state index in [1.165, 1.54) is 29.7 Å². The number of hydrogen-bond acceptors (Lipinski definition) is 10. The lowest BCUT2D eigenvalue weighted by Gasteiger charge is -2.21. The molecule has 1 unspecified atom stereocenters. The van der Waals surface area contributed by atoms with Crippen LogP contribution in [0.5, 0.6) is 0 Å². The van der Waals surface area contributed by atoms with Crippen LogP contribution in [0, 0.1) is 17.5 Å². The maximum absolute atomic E-state index is 16.0. The standard InChI is InChI=1S/C26H21F3N6O4S2.C2HF3O2/c1-2-21(36)33-26-31-9-8-18(32-26)24-23(34-25(40-24)19-13-39-11-10-30-19)15-4-3-5-17(22(15)29)35-41(37,38)20-12-14(27)6-7-16(20)28;3-2(4,5)1(6)7/h2-9,12,19,30,35H,1,10-11,13H2,(H,31,32,33,36);(H,6,7). The number of amides is 1. The summed E-state index contributed by atoms with van der Waals surface area (Å²) in [5.74, 6) is -6.49. The Balaban J connectivity index is 0.000000671. The van der Waals surface area contributed by atoms with Crippen molar-refractivity contribution in [1.29, 1.82) is 0 Å². The first kappa shape index (κ1) is 35.9. The van der Waals surface area contributed by atoms with Gasteiger partial charge in [-0.1, -0.05) is 12.6 Å². The van der Waals surface area contributed by atoms with E-state index in [1.54, 1.807) is 6.07 Å². The molecule has 254 valence electrons. The molecule has 1 amide bonds. The number of aromatic nitrogens is 3. The van der Waals surface area contributed by atoms with Crippen molar-refractivity contribution in [3.05, 3.63) is 83.8 Å². The number of nitrogens with zero attached hydrogens (tertiary/aromatic N) is 3. The number of benzene rings is 2. The molecule has 1 atom stereocenters. The summed E-state index contributed by atoms with van der Waals surface area (Å²) in [6.07, 6.45) is -2.63. The normalized spacial score (nSPS) is 14.8. The van der Waals surface area contributed by atoms with Gasteiger partial charge in [0.2, 0.25) is 11.9 Å². The molecule has 0 bridgehead atoms. The van der Waals surface area contributed by atoms with Crippen molar-refractivity contribution in [1.82, 2.24) is 20.3 Å². The van der Waals surface area contributed by atoms with Crippen molar-refractivity contribution in [2.45, 2.75) is 17.1 Å². The molecule has 3 heterocycles. The highest BCUT2D eigenvalue weighted by Crippen LogP contribution is 2.41. The quantitative estimate of drug-likeness (QED) is 0.145. The Labute approximate surface area is 271 Å². The molecule has 1 aliphatic heterocycles. The summed E-state index contributed by atoms with van der Waals surface area (Å²) < 4.78 is 109. The van der Waals surface area contributed by atoms with E-state index in [-0.39, 0.29) is 23.2 Å². The number of sulfonamides is 1. The van der Waals surface area contributed by atoms with Crippen LogP contribution in [0.3, 0.4) is 0 Å². The first-order chi connectivity index (χ1) is 22.6. The fourth-order valence-electron chi connectivity index (χ4n) is 3.95. The maximum atomic E-state index is 16.0. The molecule has 1 saturated heterocycles. The third kappa shape index (κ3) is 8.70. The monoisotopic (exact) mass is 716 g/mol. The summed E-state index contributed by atoms with van der Waals surface area (Å²) in [6.45, 7) is 4.80. The van der Waals surface area contributed by atoms with Crippen molar-refractivity contribution in [3.8, 4) is 21.8 Å². The van der Waals surface area contributed by atoms with Crippen LogP contribution >= 0.6 is 11.3 Å². The molecule has 0 spiro atoms. The minimum absolute atomic E-state index is 0.0217. The average molecular weight is 717 g/mol. The summed E-state index contributed by atoms with van der Waals surface area (Å²) in [5, 5.41) is 13.4. The molecule has 0 aliphatic carbocycles. The molecule has 4 aromatic rings. The number of carbonyl (C=O) groups excluding carboxylic acids is 1. The van der Waals surface area contributed by atoms with Gasteiger partial charge in [0.1, 0.15) is 21.5 Å². The number of carbonyl (C=O) groups is 2. The molecule has 1 fully saturated rings. The van der Waals surface area contributed by atoms with Crippen LogP contribution in [0.1, 0.15) is 11.0 Å². The van der Waals surface area contributed by atoms with Crippen LogP contribution in [0.2, 0.25) is 0 Å². The topological polar surface area (TPSA) is 172 Å². The molecule has 48 heavy (non-hydrogen) atoms. The van der Waals surface area contributed by atoms with Gasteiger partial charge >= 0.3 is 12.1 Å². The van der Waals surface area contributed by atoms with Crippen LogP contribution in [0.25, 0.3) is 21.8 Å². The second kappa shape index (κ2) is 14.9. The molecule has 2 aromatic carbocycles. The number of alkyl halides is 3. The van der Waals surface area contributed by atoms with Crippen molar-refractivity contribution in [2.24, 2.45) is 0 Å². The second-order valence-corrected chi connectivity index (χ2v) is 12.1. The molecule has 4 N–H and O–H groups in total. The predicted molar refractivity (Wildman–Crippen MR) is 160 cm³/mol. The number of halogens is 6. The van der Waals surface area contributed by atoms with Crippen LogP contribution in [-0.4, -0.2) is 66.3 Å². The van der Waals surface area contributed by atoms with E-state index < -0.39 is 56.1 Å². The van der Waals surface area contributed by atoms with Gasteiger partial charge < -0.3 is 15.2 Å². The fourth-order valence-corrected chi connectivity index (χ4v) is 6.21. The maximum Gasteiger partial charge on any atom is 0.490 e. The first-order valence-corrected chi connectivity index (χ1v) is 15.6. The third-order valence-corrected chi connectivity index (χ3v) is 8.67. The largest absolute Gasteiger partial charge is 0.490 e. The van der Waals surface area contributed by atoms with Gasteiger partial charge in [0.25, 0.3) is 10.0 Å². The number of aliphatic carboxylic acids is 1. The van der Waals surface area contributed by atoms with Crippen LogP contribution in [0.4, 0.5) is 38.0 Å². The van der Waals surface area contributed by atoms with Gasteiger partial charge in [-0.2, -0.15) is 13.2 Å². The van der Waals surface area contributed by atoms with Gasteiger partial charge in [0, 0.05) is 18.3 Å². The Kier molecular flexibility index (Phi) is 11.1. The summed E-state index contributed by atoms with van der Waals surface area (Å²) in [7, 11) is -4.70. The van der Waals surface area contributed by atoms with E-state index in [0.29, 0.717) is 47.5 Å². The molecule has 5 rings (SSSR count). The Hall–Kier alpha value is -4.92. The van der Waals surface area contributed by atoms with Crippen molar-refractivity contribution >= 4 is 44.9 Å². The van der Waals surface area contributed by atoms with Crippen molar-refractivity contribution in [2.75, 3.05) is 29.8 Å². The molecule has 1 aliphatic rings. The molecule has 2 aromatic heterocycles. The minimum atomic E-state index is -5.08. The summed E-state index contributed by atoms with van der Waals surface area (Å²) >= 11 is 1.20. The van der Waals surface area contributed by atoms with Gasteiger partial charge in [-0.15, -0.1) is 11.3 Å². The van der Waals surface area contributed by atoms with Gasteiger partial charge in [-0.3, -0.25) is 14.8 Å². The summed E-state index contributed by atoms with van der Waals surface area (Å²) in [6, 6.07) is 7.10. The highest BCUT2D eigenvalue weighted by molar-refractivity contribution is 7.92. The van der Waals surface area contributed by atoms with Crippen molar-refractivity contribution < 1.29 is 54.2 Å². The Bertz CT molecular complexity index is 1950. The van der Waals surface area contributed by atoms with Crippen molar-refractivity contribution in [3.63, 3.8) is 0 Å². The molecular weight excluding hydrogens is 694 g/mol. The lowest BCUT2D eigenvalue weighted by atomic mass is 10.1. The number of thiazole rings is 1. The number of carboxylic acid groups (broad SMARTS) is 1. The Morgan fingerprint density at radius 1 is 1.12 bits per heavy atom. The van der Waals surface area contributed by atoms with Crippen LogP contribution in [0.15, 0.2) is 66.2 Å². The summed E-state index contributed by atoms with van der Waals surface area (Å²) in [4.78, 5) is 33.1. The molecule has 0 saturated carbocycles. The number of hydrogen-bond donors (Lipinski definition) is 4. The van der Waals surface area contributed by atoms with Crippen LogP contribution < -0.4 is 15.4 Å². The number of ether oxygens (including phenoxy) is 1. The SMILES string of the molecule is C=CC(=O)Nc1nccc(-c2sc(C3COCCN3)nc2-c2cccc(NS(=O)(=O)c3cc(F)ccc3F)c2F)n1.O=C(O)C(F)(F)F. The molecule has 12 nitrogen and oxygen atoms in total. The highest BCUT2D eigenvalue weighted by Gasteiger charge is 2.38. The Morgan fingerprint density at radius 3 is 2.50 bits per heavy atom. The molecular formula is C28H22F6N6O6S2. The zero-order valence-electron chi connectivity index (χ0n) is 24.0. The fraction of sp³-hybridized carbons (Fsp3) is 0.179. The van der Waals surface area contributed by atoms with E-state index in [9.17, 15) is 35.2 Å². The third-order valence-electron chi connectivity index (χ3n) is 6.10. The number of nitrogens with one attached hydrogen (secondary N) is 3. The summed E-state index contributed by atoms with van der Waals surface area (Å²) in [5.41, 5.74) is -0.156. The number of anilines is 2. The highest BCUT2D eigenvalue weighted by atomic mass is 32.2. The zero-order valence-corrected chi connectivity index (χ0v) is 25.6. The van der Waals surface area contributed by atoms with Gasteiger partial charge in [0.05, 0.1) is 41.2 Å². The van der Waals surface area contributed by atoms with E-state index in [2.05, 4.69) is 32.2 Å². The second-order valence-electron chi connectivity index (χ2n) is 9.42. The predicted octanol–water partition coefficient (Wildman–Crippen LogP) is 4.90. The van der Waals surface area contributed by atoms with E-state index in [1.807, 2.05) is 4.72 Å². The number of rotatable bonds is 8. The smallest absolute Gasteiger partial charge is 0.475 e. The average Bonchev–Trinajstić information content (AvgIpc) is 3.49. The lowest BCUT2D eigenvalue weighted by Crippen LogP contribution is -2.34. The first-order valence-electron chi connectivity index (χ1n) is 13.3. The number of morpholine rings is 1. The van der Waals surface area contributed by atoms with E-state index >= 15 is 4.39 Å². The van der Waals surface area contributed by atoms with Gasteiger partial charge in [-0.05, 0) is 42.5 Å². The molecule has 20 heteroatoms. The van der Waals surface area contributed by atoms with Crippen LogP contribution in [-0.2, 0) is 24.3 Å². The zero-order chi connectivity index (χ0) is 35.2. The van der Waals surface area contributed by atoms with Gasteiger partial charge in [0.15, 0.2) is 5.82 Å². The lowest BCUT2D eigenvalue weighted by molar-refractivity contribution is -0.192. The Morgan fingerprint density at radius 2 is 1.85 bits per heavy atom. The van der Waals surface area contributed by atoms with Gasteiger partial charge in [-0.25, -0.2) is 41.3 Å². The van der Waals surface area contributed by atoms with E-state index in [4.69, 9.17) is 14.6 Å². The minimum Gasteiger partial charge on any atom is -0.475 e. The number of carboxylic acids is 1. The molecule has 0 radical (unpaired) electrons. The van der Waals surface area contributed by atoms with E-state index in [0.717, 1.165) is 18.2 Å².